The average Bonchev–Trinajstić information content (AvgIpc) is 2.58. The molecule has 0 bridgehead atoms. The Kier molecular flexibility index (Phi) is 8.80. The highest BCUT2D eigenvalue weighted by Gasteiger charge is 2.38. The number of benzene rings is 1. The van der Waals surface area contributed by atoms with E-state index in [1.54, 1.807) is 0 Å². The molecule has 0 saturated carbocycles. The number of nitrogens with zero attached hydrogens (tertiary/aromatic N) is 1. The van der Waals surface area contributed by atoms with Crippen molar-refractivity contribution >= 4 is 22.3 Å². The molecule has 0 atom stereocenters. The van der Waals surface area contributed by atoms with E-state index in [9.17, 15) is 0 Å². The van der Waals surface area contributed by atoms with Crippen molar-refractivity contribution in [3.05, 3.63) is 29.8 Å². The molecule has 0 aliphatic carbocycles. The van der Waals surface area contributed by atoms with Crippen LogP contribution in [0.1, 0.15) is 47.1 Å². The summed E-state index contributed by atoms with van der Waals surface area (Å²) in [6.45, 7) is 26.1. The van der Waals surface area contributed by atoms with Gasteiger partial charge in [-0.2, -0.15) is 0 Å². The molecule has 0 aliphatic heterocycles. The Labute approximate surface area is 182 Å². The maximum Gasteiger partial charge on any atom is 0.192 e. The highest BCUT2D eigenvalue weighted by Crippen LogP contribution is 2.37. The van der Waals surface area contributed by atoms with E-state index in [1.165, 1.54) is 5.69 Å². The standard InChI is InChI=1S/C24H43NO2Si2/c1-12-21-13-15-22(16-14-21)25(17-19-26-28(8,9)23(2,3)4)18-20-27-29(10,11)24(5,6)7/h1,13-16H,17-20H2,2-11H3. The summed E-state index contributed by atoms with van der Waals surface area (Å²) in [5.74, 6) is 2.70. The molecular formula is C24H43NO2Si2. The van der Waals surface area contributed by atoms with Crippen LogP contribution < -0.4 is 4.90 Å². The van der Waals surface area contributed by atoms with Crippen molar-refractivity contribution in [3.63, 3.8) is 0 Å². The van der Waals surface area contributed by atoms with Crippen molar-refractivity contribution in [1.82, 2.24) is 0 Å². The van der Waals surface area contributed by atoms with Gasteiger partial charge in [0.05, 0.1) is 13.2 Å². The summed E-state index contributed by atoms with van der Waals surface area (Å²) in [4.78, 5) is 2.36. The molecule has 1 aromatic rings. The van der Waals surface area contributed by atoms with Gasteiger partial charge in [-0.25, -0.2) is 0 Å². The molecule has 29 heavy (non-hydrogen) atoms. The second-order valence-electron chi connectivity index (χ2n) is 10.9. The van der Waals surface area contributed by atoms with Crippen molar-refractivity contribution < 1.29 is 8.85 Å². The quantitative estimate of drug-likeness (QED) is 0.327. The number of rotatable bonds is 9. The molecule has 1 aromatic carbocycles. The van der Waals surface area contributed by atoms with Gasteiger partial charge in [-0.15, -0.1) is 6.42 Å². The summed E-state index contributed by atoms with van der Waals surface area (Å²) in [5, 5.41) is 0.440. The molecule has 5 heteroatoms. The topological polar surface area (TPSA) is 21.7 Å². The Morgan fingerprint density at radius 1 is 0.793 bits per heavy atom. The van der Waals surface area contributed by atoms with Gasteiger partial charge < -0.3 is 13.8 Å². The zero-order valence-electron chi connectivity index (χ0n) is 20.5. The summed E-state index contributed by atoms with van der Waals surface area (Å²) in [7, 11) is -3.50. The van der Waals surface area contributed by atoms with Gasteiger partial charge >= 0.3 is 0 Å². The summed E-state index contributed by atoms with van der Waals surface area (Å²) in [6.07, 6.45) is 5.52. The molecule has 0 aromatic heterocycles. The SMILES string of the molecule is C#Cc1ccc(N(CCO[Si](C)(C)C(C)(C)C)CCO[Si](C)(C)C(C)(C)C)cc1. The second-order valence-corrected chi connectivity index (χ2v) is 20.5. The Morgan fingerprint density at radius 3 is 1.48 bits per heavy atom. The van der Waals surface area contributed by atoms with Gasteiger partial charge in [0, 0.05) is 24.3 Å². The predicted octanol–water partition coefficient (Wildman–Crippen LogP) is 6.52. The minimum atomic E-state index is -1.75. The fourth-order valence-electron chi connectivity index (χ4n) is 2.39. The highest BCUT2D eigenvalue weighted by atomic mass is 28.4. The van der Waals surface area contributed by atoms with E-state index < -0.39 is 16.6 Å². The average molecular weight is 434 g/mol. The molecule has 0 radical (unpaired) electrons. The minimum absolute atomic E-state index is 0.220. The molecule has 0 fully saturated rings. The number of anilines is 1. The molecule has 0 heterocycles. The van der Waals surface area contributed by atoms with Crippen molar-refractivity contribution in [3.8, 4) is 12.3 Å². The van der Waals surface area contributed by atoms with Crippen LogP contribution in [-0.2, 0) is 8.85 Å². The molecule has 0 unspecified atom stereocenters. The molecule has 0 aliphatic rings. The lowest BCUT2D eigenvalue weighted by Crippen LogP contribution is -2.44. The van der Waals surface area contributed by atoms with E-state index in [1.807, 2.05) is 12.1 Å². The fourth-order valence-corrected chi connectivity index (χ4v) is 4.46. The molecule has 3 nitrogen and oxygen atoms in total. The van der Waals surface area contributed by atoms with Crippen LogP contribution in [0.5, 0.6) is 0 Å². The fraction of sp³-hybridized carbons (Fsp3) is 0.667. The van der Waals surface area contributed by atoms with Gasteiger partial charge in [0.25, 0.3) is 0 Å². The Bertz CT molecular complexity index is 645. The monoisotopic (exact) mass is 433 g/mol. The third-order valence-corrected chi connectivity index (χ3v) is 15.7. The van der Waals surface area contributed by atoms with Crippen molar-refractivity contribution in [2.45, 2.75) is 77.8 Å². The van der Waals surface area contributed by atoms with Crippen LogP contribution in [0.2, 0.25) is 36.3 Å². The van der Waals surface area contributed by atoms with Crippen LogP contribution in [-0.4, -0.2) is 42.9 Å². The van der Waals surface area contributed by atoms with Gasteiger partial charge in [-0.05, 0) is 60.5 Å². The summed E-state index contributed by atoms with van der Waals surface area (Å²) >= 11 is 0. The summed E-state index contributed by atoms with van der Waals surface area (Å²) in [5.41, 5.74) is 2.07. The van der Waals surface area contributed by atoms with Gasteiger partial charge in [-0.1, -0.05) is 47.5 Å². The van der Waals surface area contributed by atoms with E-state index in [2.05, 4.69) is 90.7 Å². The predicted molar refractivity (Wildman–Crippen MR) is 133 cm³/mol. The summed E-state index contributed by atoms with van der Waals surface area (Å²) < 4.78 is 12.9. The number of hydrogen-bond donors (Lipinski definition) is 0. The molecular weight excluding hydrogens is 390 g/mol. The first-order chi connectivity index (χ1) is 13.1. The van der Waals surface area contributed by atoms with Crippen molar-refractivity contribution in [2.75, 3.05) is 31.2 Å². The lowest BCUT2D eigenvalue weighted by Gasteiger charge is -2.38. The largest absolute Gasteiger partial charge is 0.415 e. The minimum Gasteiger partial charge on any atom is -0.415 e. The zero-order chi connectivity index (χ0) is 22.5. The highest BCUT2D eigenvalue weighted by molar-refractivity contribution is 6.74. The third-order valence-electron chi connectivity index (χ3n) is 6.66. The van der Waals surface area contributed by atoms with Crippen LogP contribution in [0.3, 0.4) is 0 Å². The van der Waals surface area contributed by atoms with E-state index in [-0.39, 0.29) is 10.1 Å². The maximum atomic E-state index is 6.43. The van der Waals surface area contributed by atoms with Gasteiger partial charge in [0.2, 0.25) is 0 Å². The Morgan fingerprint density at radius 2 is 1.17 bits per heavy atom. The first-order valence-electron chi connectivity index (χ1n) is 10.7. The molecule has 0 spiro atoms. The lowest BCUT2D eigenvalue weighted by atomic mass is 10.2. The molecule has 0 N–H and O–H groups in total. The first kappa shape index (κ1) is 26.0. The van der Waals surface area contributed by atoms with Crippen LogP contribution in [0.25, 0.3) is 0 Å². The Hall–Kier alpha value is -1.07. The molecule has 0 amide bonds. The van der Waals surface area contributed by atoms with E-state index in [4.69, 9.17) is 15.3 Å². The normalized spacial score (nSPS) is 13.3. The summed E-state index contributed by atoms with van der Waals surface area (Å²) in [6, 6.07) is 8.22. The third kappa shape index (κ3) is 7.60. The van der Waals surface area contributed by atoms with E-state index >= 15 is 0 Å². The van der Waals surface area contributed by atoms with E-state index in [0.717, 1.165) is 31.9 Å². The first-order valence-corrected chi connectivity index (χ1v) is 16.5. The smallest absolute Gasteiger partial charge is 0.192 e. The van der Waals surface area contributed by atoms with Crippen molar-refractivity contribution in [1.29, 1.82) is 0 Å². The van der Waals surface area contributed by atoms with Crippen LogP contribution in [0.4, 0.5) is 5.69 Å². The maximum absolute atomic E-state index is 6.43. The van der Waals surface area contributed by atoms with E-state index in [0.29, 0.717) is 0 Å². The van der Waals surface area contributed by atoms with Gasteiger partial charge in [0.1, 0.15) is 0 Å². The number of hydrogen-bond acceptors (Lipinski definition) is 3. The van der Waals surface area contributed by atoms with Crippen LogP contribution >= 0.6 is 0 Å². The van der Waals surface area contributed by atoms with Crippen LogP contribution in [0, 0.1) is 12.3 Å². The number of terminal acetylenes is 1. The van der Waals surface area contributed by atoms with Crippen LogP contribution in [0.15, 0.2) is 24.3 Å². The molecule has 0 saturated heterocycles. The lowest BCUT2D eigenvalue weighted by molar-refractivity contribution is 0.276. The Balaban J connectivity index is 2.83. The zero-order valence-corrected chi connectivity index (χ0v) is 22.5. The molecule has 164 valence electrons. The van der Waals surface area contributed by atoms with Gasteiger partial charge in [0.15, 0.2) is 16.6 Å². The molecule has 1 rings (SSSR count). The second kappa shape index (κ2) is 9.83. The van der Waals surface area contributed by atoms with Crippen molar-refractivity contribution in [2.24, 2.45) is 0 Å². The van der Waals surface area contributed by atoms with Gasteiger partial charge in [-0.3, -0.25) is 0 Å².